The van der Waals surface area contributed by atoms with Crippen LogP contribution < -0.4 is 0 Å². The molecule has 0 N–H and O–H groups in total. The Morgan fingerprint density at radius 2 is 1.75 bits per heavy atom. The molecule has 1 atom stereocenters. The lowest BCUT2D eigenvalue weighted by Gasteiger charge is -2.34. The zero-order chi connectivity index (χ0) is 14.5. The number of amides is 2. The van der Waals surface area contributed by atoms with E-state index in [1.165, 1.54) is 0 Å². The molecule has 1 unspecified atom stereocenters. The average molecular weight is 283 g/mol. The molecule has 2 rings (SSSR count). The molecule has 2 amide bonds. The van der Waals surface area contributed by atoms with Crippen molar-refractivity contribution in [2.75, 3.05) is 52.9 Å². The molecule has 20 heavy (non-hydrogen) atoms. The summed E-state index contributed by atoms with van der Waals surface area (Å²) in [5.74, 6) is 0.726. The van der Waals surface area contributed by atoms with Crippen LogP contribution >= 0.6 is 0 Å². The number of ether oxygens (including phenoxy) is 1. The second-order valence-corrected chi connectivity index (χ2v) is 5.69. The summed E-state index contributed by atoms with van der Waals surface area (Å²) in [6, 6.07) is 0. The predicted molar refractivity (Wildman–Crippen MR) is 75.4 cm³/mol. The van der Waals surface area contributed by atoms with Gasteiger partial charge in [0.05, 0.1) is 6.61 Å². The predicted octanol–water partition coefficient (Wildman–Crippen LogP) is 0.629. The number of rotatable bonds is 3. The molecule has 2 aliphatic heterocycles. The first-order chi connectivity index (χ1) is 9.60. The Bertz CT molecular complexity index is 354. The van der Waals surface area contributed by atoms with E-state index in [2.05, 4.69) is 11.9 Å². The minimum absolute atomic E-state index is 0.230. The molecular formula is C14H25N3O3. The van der Waals surface area contributed by atoms with E-state index < -0.39 is 0 Å². The van der Waals surface area contributed by atoms with Gasteiger partial charge >= 0.3 is 6.09 Å². The number of carbonyl (C=O) groups excluding carboxylic acids is 2. The van der Waals surface area contributed by atoms with Crippen LogP contribution in [-0.4, -0.2) is 79.6 Å². The fourth-order valence-corrected chi connectivity index (χ4v) is 2.92. The number of nitrogens with zero attached hydrogens (tertiary/aromatic N) is 3. The van der Waals surface area contributed by atoms with Crippen LogP contribution in [0.2, 0.25) is 0 Å². The highest BCUT2D eigenvalue weighted by molar-refractivity contribution is 5.77. The number of carbonyl (C=O) groups is 2. The molecule has 0 aliphatic carbocycles. The zero-order valence-electron chi connectivity index (χ0n) is 12.5. The van der Waals surface area contributed by atoms with Gasteiger partial charge in [0.1, 0.15) is 0 Å². The molecule has 2 aliphatic rings. The standard InChI is InChI=1S/C14H25N3O3/c1-3-20-14(19)17-8-6-16(7-9-17)13(18)10-12-4-5-15(2)11-12/h12H,3-11H2,1-2H3. The van der Waals surface area contributed by atoms with Gasteiger partial charge in [-0.25, -0.2) is 4.79 Å². The summed E-state index contributed by atoms with van der Waals surface area (Å²) in [6.45, 7) is 6.72. The van der Waals surface area contributed by atoms with E-state index in [-0.39, 0.29) is 12.0 Å². The van der Waals surface area contributed by atoms with E-state index in [4.69, 9.17) is 4.74 Å². The minimum atomic E-state index is -0.267. The van der Waals surface area contributed by atoms with Crippen molar-refractivity contribution in [3.63, 3.8) is 0 Å². The van der Waals surface area contributed by atoms with Crippen LogP contribution in [0.15, 0.2) is 0 Å². The summed E-state index contributed by atoms with van der Waals surface area (Å²) in [6.07, 6.45) is 1.49. The zero-order valence-corrected chi connectivity index (χ0v) is 12.5. The van der Waals surface area contributed by atoms with E-state index in [1.54, 1.807) is 11.8 Å². The third-order valence-corrected chi connectivity index (χ3v) is 4.11. The molecule has 0 aromatic heterocycles. The van der Waals surface area contributed by atoms with Gasteiger partial charge in [0.25, 0.3) is 0 Å². The molecule has 0 aromatic rings. The first kappa shape index (κ1) is 15.1. The summed E-state index contributed by atoms with van der Waals surface area (Å²) in [7, 11) is 2.10. The Morgan fingerprint density at radius 3 is 2.30 bits per heavy atom. The average Bonchev–Trinajstić information content (AvgIpc) is 2.84. The van der Waals surface area contributed by atoms with Crippen molar-refractivity contribution < 1.29 is 14.3 Å². The molecule has 0 spiro atoms. The topological polar surface area (TPSA) is 53.1 Å². The second kappa shape index (κ2) is 6.92. The van der Waals surface area contributed by atoms with Crippen molar-refractivity contribution in [3.05, 3.63) is 0 Å². The summed E-state index contributed by atoms with van der Waals surface area (Å²) in [5.41, 5.74) is 0. The molecule has 114 valence electrons. The maximum Gasteiger partial charge on any atom is 0.409 e. The Balaban J connectivity index is 1.73. The van der Waals surface area contributed by atoms with Crippen molar-refractivity contribution in [2.45, 2.75) is 19.8 Å². The van der Waals surface area contributed by atoms with E-state index in [0.29, 0.717) is 45.1 Å². The molecule has 6 nitrogen and oxygen atoms in total. The number of hydrogen-bond donors (Lipinski definition) is 0. The molecule has 0 saturated carbocycles. The van der Waals surface area contributed by atoms with Crippen LogP contribution in [-0.2, 0) is 9.53 Å². The van der Waals surface area contributed by atoms with Crippen LogP contribution in [0, 0.1) is 5.92 Å². The number of piperazine rings is 1. The lowest BCUT2D eigenvalue weighted by Crippen LogP contribution is -2.51. The van der Waals surface area contributed by atoms with Crippen molar-refractivity contribution in [3.8, 4) is 0 Å². The maximum atomic E-state index is 12.2. The van der Waals surface area contributed by atoms with Gasteiger partial charge in [0, 0.05) is 39.1 Å². The van der Waals surface area contributed by atoms with Gasteiger partial charge in [0.15, 0.2) is 0 Å². The monoisotopic (exact) mass is 283 g/mol. The van der Waals surface area contributed by atoms with Gasteiger partial charge in [-0.15, -0.1) is 0 Å². The Morgan fingerprint density at radius 1 is 1.10 bits per heavy atom. The fourth-order valence-electron chi connectivity index (χ4n) is 2.92. The smallest absolute Gasteiger partial charge is 0.409 e. The lowest BCUT2D eigenvalue weighted by molar-refractivity contribution is -0.133. The quantitative estimate of drug-likeness (QED) is 0.762. The van der Waals surface area contributed by atoms with Gasteiger partial charge in [0.2, 0.25) is 5.91 Å². The third kappa shape index (κ3) is 3.85. The van der Waals surface area contributed by atoms with Crippen molar-refractivity contribution in [1.82, 2.24) is 14.7 Å². The molecule has 2 fully saturated rings. The highest BCUT2D eigenvalue weighted by Crippen LogP contribution is 2.19. The molecule has 2 heterocycles. The first-order valence-electron chi connectivity index (χ1n) is 7.48. The van der Waals surface area contributed by atoms with E-state index in [1.807, 2.05) is 4.90 Å². The van der Waals surface area contributed by atoms with Crippen LogP contribution in [0.3, 0.4) is 0 Å². The van der Waals surface area contributed by atoms with Gasteiger partial charge in [-0.2, -0.15) is 0 Å². The van der Waals surface area contributed by atoms with Crippen molar-refractivity contribution in [1.29, 1.82) is 0 Å². The van der Waals surface area contributed by atoms with Crippen LogP contribution in [0.1, 0.15) is 19.8 Å². The van der Waals surface area contributed by atoms with E-state index in [9.17, 15) is 9.59 Å². The highest BCUT2D eigenvalue weighted by atomic mass is 16.6. The summed E-state index contributed by atoms with van der Waals surface area (Å²) in [4.78, 5) is 29.7. The molecule has 2 saturated heterocycles. The summed E-state index contributed by atoms with van der Waals surface area (Å²) in [5, 5.41) is 0. The summed E-state index contributed by atoms with van der Waals surface area (Å²) < 4.78 is 4.97. The Kier molecular flexibility index (Phi) is 5.23. The molecular weight excluding hydrogens is 258 g/mol. The SMILES string of the molecule is CCOC(=O)N1CCN(C(=O)CC2CCN(C)C2)CC1. The Hall–Kier alpha value is -1.30. The lowest BCUT2D eigenvalue weighted by atomic mass is 10.0. The van der Waals surface area contributed by atoms with Crippen LogP contribution in [0.4, 0.5) is 4.79 Å². The number of hydrogen-bond acceptors (Lipinski definition) is 4. The largest absolute Gasteiger partial charge is 0.450 e. The molecule has 6 heteroatoms. The molecule has 0 bridgehead atoms. The second-order valence-electron chi connectivity index (χ2n) is 5.69. The van der Waals surface area contributed by atoms with Gasteiger partial charge in [-0.05, 0) is 32.9 Å². The Labute approximate surface area is 120 Å². The van der Waals surface area contributed by atoms with Gasteiger partial charge < -0.3 is 19.4 Å². The first-order valence-corrected chi connectivity index (χ1v) is 7.48. The molecule has 0 radical (unpaired) electrons. The van der Waals surface area contributed by atoms with Crippen LogP contribution in [0.5, 0.6) is 0 Å². The minimum Gasteiger partial charge on any atom is -0.450 e. The normalized spacial score (nSPS) is 24.0. The van der Waals surface area contributed by atoms with Gasteiger partial charge in [-0.1, -0.05) is 0 Å². The van der Waals surface area contributed by atoms with Gasteiger partial charge in [-0.3, -0.25) is 4.79 Å². The van der Waals surface area contributed by atoms with E-state index in [0.717, 1.165) is 19.5 Å². The van der Waals surface area contributed by atoms with Crippen LogP contribution in [0.25, 0.3) is 0 Å². The number of likely N-dealkylation sites (tertiary alicyclic amines) is 1. The summed E-state index contributed by atoms with van der Waals surface area (Å²) >= 11 is 0. The highest BCUT2D eigenvalue weighted by Gasteiger charge is 2.28. The maximum absolute atomic E-state index is 12.2. The van der Waals surface area contributed by atoms with Crippen molar-refractivity contribution >= 4 is 12.0 Å². The van der Waals surface area contributed by atoms with Crippen molar-refractivity contribution in [2.24, 2.45) is 5.92 Å². The third-order valence-electron chi connectivity index (χ3n) is 4.11. The van der Waals surface area contributed by atoms with E-state index >= 15 is 0 Å². The molecule has 0 aromatic carbocycles. The fraction of sp³-hybridized carbons (Fsp3) is 0.857.